The normalized spacial score (nSPS) is 25.5. The molecular formula is C19H29BFNO3. The standard InChI is InChI=1S/C19H29BFNO3/c1-18(2)19(3,4)25-20(24-18)15-6-8-16(9-7-15)23-17-10-13-22(14-17)12-5-11-21/h6-9,17H,5,10-14H2,1-4H3/t17-/m0/s1. The lowest BCUT2D eigenvalue weighted by molar-refractivity contribution is 0.00578. The van der Waals surface area contributed by atoms with Gasteiger partial charge in [0.15, 0.2) is 0 Å². The molecule has 0 aromatic heterocycles. The molecule has 25 heavy (non-hydrogen) atoms. The molecule has 0 radical (unpaired) electrons. The van der Waals surface area contributed by atoms with Gasteiger partial charge >= 0.3 is 7.12 Å². The van der Waals surface area contributed by atoms with Gasteiger partial charge < -0.3 is 14.0 Å². The summed E-state index contributed by atoms with van der Waals surface area (Å²) in [4.78, 5) is 2.27. The molecule has 2 saturated heterocycles. The van der Waals surface area contributed by atoms with E-state index in [-0.39, 0.29) is 31.1 Å². The number of hydrogen-bond acceptors (Lipinski definition) is 4. The predicted octanol–water partition coefficient (Wildman–Crippen LogP) is 2.80. The molecule has 6 heteroatoms. The van der Waals surface area contributed by atoms with Gasteiger partial charge in [0, 0.05) is 19.6 Å². The van der Waals surface area contributed by atoms with Crippen molar-refractivity contribution >= 4 is 12.6 Å². The molecular weight excluding hydrogens is 320 g/mol. The maximum absolute atomic E-state index is 12.3. The van der Waals surface area contributed by atoms with Gasteiger partial charge in [0.25, 0.3) is 0 Å². The minimum atomic E-state index is -0.346. The Bertz CT molecular complexity index is 563. The molecule has 0 aliphatic carbocycles. The van der Waals surface area contributed by atoms with Crippen LogP contribution in [0.5, 0.6) is 5.75 Å². The van der Waals surface area contributed by atoms with Crippen molar-refractivity contribution in [1.29, 1.82) is 0 Å². The molecule has 2 aliphatic heterocycles. The van der Waals surface area contributed by atoms with Crippen molar-refractivity contribution < 1.29 is 18.4 Å². The number of ether oxygens (including phenoxy) is 1. The minimum absolute atomic E-state index is 0.183. The highest BCUT2D eigenvalue weighted by atomic mass is 19.1. The van der Waals surface area contributed by atoms with Crippen molar-refractivity contribution in [2.45, 2.75) is 57.8 Å². The Kier molecular flexibility index (Phi) is 5.42. The molecule has 0 unspecified atom stereocenters. The van der Waals surface area contributed by atoms with E-state index in [1.807, 2.05) is 24.3 Å². The maximum Gasteiger partial charge on any atom is 0.494 e. The summed E-state index contributed by atoms with van der Waals surface area (Å²) in [6.07, 6.45) is 1.78. The van der Waals surface area contributed by atoms with Crippen LogP contribution in [0, 0.1) is 0 Å². The van der Waals surface area contributed by atoms with Crippen LogP contribution in [0.3, 0.4) is 0 Å². The fourth-order valence-corrected chi connectivity index (χ4v) is 3.25. The van der Waals surface area contributed by atoms with Crippen molar-refractivity contribution in [2.75, 3.05) is 26.3 Å². The molecule has 4 nitrogen and oxygen atoms in total. The second kappa shape index (κ2) is 7.26. The lowest BCUT2D eigenvalue weighted by Crippen LogP contribution is -2.41. The van der Waals surface area contributed by atoms with Gasteiger partial charge in [-0.2, -0.15) is 0 Å². The monoisotopic (exact) mass is 349 g/mol. The predicted molar refractivity (Wildman–Crippen MR) is 98.2 cm³/mol. The Morgan fingerprint density at radius 1 is 1.16 bits per heavy atom. The van der Waals surface area contributed by atoms with Crippen LogP contribution in [0.15, 0.2) is 24.3 Å². The first-order chi connectivity index (χ1) is 11.8. The molecule has 1 aromatic rings. The minimum Gasteiger partial charge on any atom is -0.489 e. The fourth-order valence-electron chi connectivity index (χ4n) is 3.25. The average molecular weight is 349 g/mol. The smallest absolute Gasteiger partial charge is 0.489 e. The number of halogens is 1. The van der Waals surface area contributed by atoms with E-state index >= 15 is 0 Å². The highest BCUT2D eigenvalue weighted by molar-refractivity contribution is 6.62. The maximum atomic E-state index is 12.3. The summed E-state index contributed by atoms with van der Waals surface area (Å²) in [6, 6.07) is 7.97. The van der Waals surface area contributed by atoms with Crippen molar-refractivity contribution in [3.63, 3.8) is 0 Å². The Balaban J connectivity index is 1.55. The van der Waals surface area contributed by atoms with E-state index in [0.29, 0.717) is 6.42 Å². The number of likely N-dealkylation sites (tertiary alicyclic amines) is 1. The highest BCUT2D eigenvalue weighted by Crippen LogP contribution is 2.36. The second-order valence-electron chi connectivity index (χ2n) is 8.03. The van der Waals surface area contributed by atoms with Crippen LogP contribution < -0.4 is 10.2 Å². The first-order valence-corrected chi connectivity index (χ1v) is 9.21. The molecule has 1 aromatic carbocycles. The first kappa shape index (κ1) is 18.7. The highest BCUT2D eigenvalue weighted by Gasteiger charge is 2.51. The molecule has 1 atom stereocenters. The summed E-state index contributed by atoms with van der Waals surface area (Å²) in [7, 11) is -0.346. The van der Waals surface area contributed by atoms with Gasteiger partial charge in [-0.3, -0.25) is 9.29 Å². The zero-order valence-electron chi connectivity index (χ0n) is 15.8. The number of nitrogens with zero attached hydrogens (tertiary/aromatic N) is 1. The van der Waals surface area contributed by atoms with Gasteiger partial charge in [-0.1, -0.05) is 12.1 Å². The van der Waals surface area contributed by atoms with Crippen LogP contribution in [0.25, 0.3) is 0 Å². The van der Waals surface area contributed by atoms with Gasteiger partial charge in [-0.25, -0.2) is 0 Å². The van der Waals surface area contributed by atoms with Crippen LogP contribution >= 0.6 is 0 Å². The zero-order valence-corrected chi connectivity index (χ0v) is 15.8. The van der Waals surface area contributed by atoms with Crippen molar-refractivity contribution in [2.24, 2.45) is 0 Å². The second-order valence-corrected chi connectivity index (χ2v) is 8.03. The molecule has 138 valence electrons. The molecule has 3 rings (SSSR count). The van der Waals surface area contributed by atoms with E-state index in [2.05, 4.69) is 32.6 Å². The number of rotatable bonds is 6. The van der Waals surface area contributed by atoms with Crippen LogP contribution in [0.2, 0.25) is 0 Å². The zero-order chi connectivity index (χ0) is 18.1. The summed E-state index contributed by atoms with van der Waals surface area (Å²) in [5.74, 6) is 0.859. The lowest BCUT2D eigenvalue weighted by atomic mass is 9.79. The van der Waals surface area contributed by atoms with E-state index in [1.165, 1.54) is 0 Å². The van der Waals surface area contributed by atoms with Crippen molar-refractivity contribution in [3.05, 3.63) is 24.3 Å². The molecule has 0 N–H and O–H groups in total. The molecule has 2 aliphatic rings. The van der Waals surface area contributed by atoms with Crippen LogP contribution in [0.4, 0.5) is 4.39 Å². The van der Waals surface area contributed by atoms with Crippen molar-refractivity contribution in [3.8, 4) is 5.75 Å². The molecule has 2 fully saturated rings. The summed E-state index contributed by atoms with van der Waals surface area (Å²) in [5, 5.41) is 0. The fraction of sp³-hybridized carbons (Fsp3) is 0.684. The number of alkyl halides is 1. The Morgan fingerprint density at radius 3 is 2.40 bits per heavy atom. The van der Waals surface area contributed by atoms with Gasteiger partial charge in [-0.05, 0) is 58.1 Å². The third-order valence-electron chi connectivity index (χ3n) is 5.55. The van der Waals surface area contributed by atoms with E-state index in [1.54, 1.807) is 0 Å². The number of benzene rings is 1. The van der Waals surface area contributed by atoms with Crippen LogP contribution in [-0.2, 0) is 9.31 Å². The van der Waals surface area contributed by atoms with Crippen LogP contribution in [0.1, 0.15) is 40.5 Å². The number of hydrogen-bond donors (Lipinski definition) is 0. The van der Waals surface area contributed by atoms with Gasteiger partial charge in [0.05, 0.1) is 17.9 Å². The molecule has 0 bridgehead atoms. The Labute approximate surface area is 150 Å². The van der Waals surface area contributed by atoms with E-state index in [9.17, 15) is 4.39 Å². The largest absolute Gasteiger partial charge is 0.494 e. The summed E-state index contributed by atoms with van der Waals surface area (Å²) in [6.45, 7) is 10.6. The quantitative estimate of drug-likeness (QED) is 0.739. The first-order valence-electron chi connectivity index (χ1n) is 9.21. The van der Waals surface area contributed by atoms with Gasteiger partial charge in [0.1, 0.15) is 11.9 Å². The summed E-state index contributed by atoms with van der Waals surface area (Å²) >= 11 is 0. The van der Waals surface area contributed by atoms with Gasteiger partial charge in [-0.15, -0.1) is 0 Å². The lowest BCUT2D eigenvalue weighted by Gasteiger charge is -2.32. The molecule has 0 saturated carbocycles. The third kappa shape index (κ3) is 4.18. The van der Waals surface area contributed by atoms with Crippen LogP contribution in [-0.4, -0.2) is 55.6 Å². The van der Waals surface area contributed by atoms with E-state index in [4.69, 9.17) is 14.0 Å². The summed E-state index contributed by atoms with van der Waals surface area (Å²) in [5.41, 5.74) is 0.335. The van der Waals surface area contributed by atoms with Crippen molar-refractivity contribution in [1.82, 2.24) is 4.90 Å². The Morgan fingerprint density at radius 2 is 1.80 bits per heavy atom. The van der Waals surface area contributed by atoms with E-state index < -0.39 is 0 Å². The summed E-state index contributed by atoms with van der Waals surface area (Å²) < 4.78 is 30.5. The average Bonchev–Trinajstić information content (AvgIpc) is 3.08. The molecule has 2 heterocycles. The topological polar surface area (TPSA) is 30.9 Å². The molecule has 0 spiro atoms. The Hall–Kier alpha value is -1.11. The van der Waals surface area contributed by atoms with E-state index in [0.717, 1.165) is 37.3 Å². The molecule has 0 amide bonds. The third-order valence-corrected chi connectivity index (χ3v) is 5.55. The SMILES string of the molecule is CC1(C)OB(c2ccc(O[C@H]3CCN(CCCF)C3)cc2)OC1(C)C. The van der Waals surface area contributed by atoms with Gasteiger partial charge in [0.2, 0.25) is 0 Å².